The molecule has 0 saturated heterocycles. The van der Waals surface area contributed by atoms with Crippen molar-refractivity contribution in [2.45, 2.75) is 74.8 Å². The number of thioether (sulfide) groups is 1. The van der Waals surface area contributed by atoms with Crippen molar-refractivity contribution < 1.29 is 9.59 Å². The Balaban J connectivity index is 1.50. The first kappa shape index (κ1) is 18.3. The lowest BCUT2D eigenvalue weighted by Gasteiger charge is -2.21. The molecule has 0 atom stereocenters. The zero-order valence-corrected chi connectivity index (χ0v) is 15.6. The van der Waals surface area contributed by atoms with Gasteiger partial charge in [-0.1, -0.05) is 44.2 Å². The molecule has 0 aliphatic heterocycles. The van der Waals surface area contributed by atoms with E-state index in [0.29, 0.717) is 23.4 Å². The van der Waals surface area contributed by atoms with Gasteiger partial charge in [-0.15, -0.1) is 11.8 Å². The second-order valence-corrected chi connectivity index (χ2v) is 8.16. The van der Waals surface area contributed by atoms with Crippen molar-refractivity contribution in [1.82, 2.24) is 10.6 Å². The predicted molar refractivity (Wildman–Crippen MR) is 102 cm³/mol. The van der Waals surface area contributed by atoms with E-state index in [1.54, 1.807) is 0 Å². The van der Waals surface area contributed by atoms with Crippen molar-refractivity contribution in [3.05, 3.63) is 29.8 Å². The van der Waals surface area contributed by atoms with Gasteiger partial charge in [0, 0.05) is 17.0 Å². The minimum Gasteiger partial charge on any atom is -0.353 e. The number of nitrogens with one attached hydrogen (secondary N) is 2. The number of hydrogen-bond donors (Lipinski definition) is 2. The smallest absolute Gasteiger partial charge is 0.252 e. The largest absolute Gasteiger partial charge is 0.353 e. The highest BCUT2D eigenvalue weighted by Crippen LogP contribution is 2.25. The van der Waals surface area contributed by atoms with Crippen LogP contribution in [0.3, 0.4) is 0 Å². The van der Waals surface area contributed by atoms with Crippen LogP contribution in [-0.4, -0.2) is 29.7 Å². The van der Waals surface area contributed by atoms with Gasteiger partial charge in [-0.05, 0) is 37.8 Å². The second-order valence-electron chi connectivity index (χ2n) is 7.14. The van der Waals surface area contributed by atoms with Crippen LogP contribution in [0.1, 0.15) is 68.1 Å². The summed E-state index contributed by atoms with van der Waals surface area (Å²) in [6, 6.07) is 8.22. The molecule has 2 amide bonds. The van der Waals surface area contributed by atoms with Crippen LogP contribution in [0.25, 0.3) is 0 Å². The van der Waals surface area contributed by atoms with Gasteiger partial charge in [0.25, 0.3) is 5.91 Å². The zero-order chi connectivity index (χ0) is 17.5. The minimum absolute atomic E-state index is 0.0222. The molecular formula is C20H28N2O2S. The van der Waals surface area contributed by atoms with E-state index < -0.39 is 0 Å². The van der Waals surface area contributed by atoms with Crippen molar-refractivity contribution in [3.63, 3.8) is 0 Å². The van der Waals surface area contributed by atoms with Gasteiger partial charge in [-0.2, -0.15) is 0 Å². The van der Waals surface area contributed by atoms with Crippen LogP contribution in [0.15, 0.2) is 29.2 Å². The van der Waals surface area contributed by atoms with Crippen molar-refractivity contribution >= 4 is 23.6 Å². The maximum absolute atomic E-state index is 12.3. The maximum Gasteiger partial charge on any atom is 0.252 e. The van der Waals surface area contributed by atoms with Gasteiger partial charge >= 0.3 is 0 Å². The van der Waals surface area contributed by atoms with Crippen LogP contribution in [-0.2, 0) is 4.79 Å². The molecule has 2 aliphatic rings. The molecule has 0 spiro atoms. The van der Waals surface area contributed by atoms with Gasteiger partial charge in [-0.3, -0.25) is 9.59 Å². The zero-order valence-electron chi connectivity index (χ0n) is 14.8. The third kappa shape index (κ3) is 6.07. The Morgan fingerprint density at radius 3 is 2.24 bits per heavy atom. The van der Waals surface area contributed by atoms with Gasteiger partial charge in [0.1, 0.15) is 0 Å². The molecule has 5 heteroatoms. The third-order valence-electron chi connectivity index (χ3n) is 4.87. The van der Waals surface area contributed by atoms with Crippen LogP contribution < -0.4 is 10.6 Å². The van der Waals surface area contributed by atoms with Gasteiger partial charge < -0.3 is 10.6 Å². The van der Waals surface area contributed by atoms with E-state index in [0.717, 1.165) is 30.6 Å². The lowest BCUT2D eigenvalue weighted by Crippen LogP contribution is -2.36. The third-order valence-corrected chi connectivity index (χ3v) is 5.95. The van der Waals surface area contributed by atoms with E-state index in [1.165, 1.54) is 43.9 Å². The molecule has 3 rings (SSSR count). The molecule has 0 bridgehead atoms. The summed E-state index contributed by atoms with van der Waals surface area (Å²) in [6.45, 7) is 0. The first-order chi connectivity index (χ1) is 12.2. The summed E-state index contributed by atoms with van der Waals surface area (Å²) >= 11 is 1.46. The average molecular weight is 361 g/mol. The molecule has 25 heavy (non-hydrogen) atoms. The van der Waals surface area contributed by atoms with Crippen molar-refractivity contribution in [2.24, 2.45) is 0 Å². The van der Waals surface area contributed by atoms with E-state index in [-0.39, 0.29) is 11.8 Å². The molecule has 2 aliphatic carbocycles. The Kier molecular flexibility index (Phi) is 6.79. The monoisotopic (exact) mass is 360 g/mol. The Morgan fingerprint density at radius 1 is 0.880 bits per heavy atom. The molecule has 2 saturated carbocycles. The fraction of sp³-hybridized carbons (Fsp3) is 0.600. The van der Waals surface area contributed by atoms with Crippen LogP contribution >= 0.6 is 11.8 Å². The van der Waals surface area contributed by atoms with Gasteiger partial charge in [0.15, 0.2) is 0 Å². The lowest BCUT2D eigenvalue weighted by atomic mass is 9.97. The van der Waals surface area contributed by atoms with E-state index >= 15 is 0 Å². The average Bonchev–Trinajstić information content (AvgIpc) is 3.39. The standard InChI is InChI=1S/C20H28N2O2S/c23-19(21-15-8-4-2-1-3-5-9-15)14-25-18-11-7-6-10-17(18)20(24)22-16-12-13-16/h6-7,10-11,15-16H,1-5,8-9,12-14H2,(H,21,23)(H,22,24). The molecule has 1 aromatic rings. The SMILES string of the molecule is O=C(CSc1ccccc1C(=O)NC1CC1)NC1CCCCCCC1. The first-order valence-electron chi connectivity index (χ1n) is 9.54. The van der Waals surface area contributed by atoms with Crippen LogP contribution in [0.2, 0.25) is 0 Å². The number of amides is 2. The topological polar surface area (TPSA) is 58.2 Å². The van der Waals surface area contributed by atoms with Crippen LogP contribution in [0.5, 0.6) is 0 Å². The molecule has 1 aromatic carbocycles. The molecule has 0 aromatic heterocycles. The molecule has 0 radical (unpaired) electrons. The van der Waals surface area contributed by atoms with Crippen molar-refractivity contribution in [1.29, 1.82) is 0 Å². The molecule has 0 unspecified atom stereocenters. The molecule has 2 fully saturated rings. The fourth-order valence-electron chi connectivity index (χ4n) is 3.28. The number of carbonyl (C=O) groups excluding carboxylic acids is 2. The summed E-state index contributed by atoms with van der Waals surface area (Å²) in [5, 5.41) is 6.21. The van der Waals surface area contributed by atoms with E-state index in [9.17, 15) is 9.59 Å². The number of hydrogen-bond acceptors (Lipinski definition) is 3. The normalized spacial score (nSPS) is 18.9. The van der Waals surface area contributed by atoms with Gasteiger partial charge in [-0.25, -0.2) is 0 Å². The van der Waals surface area contributed by atoms with E-state index in [2.05, 4.69) is 10.6 Å². The molecule has 0 heterocycles. The first-order valence-corrected chi connectivity index (χ1v) is 10.5. The highest BCUT2D eigenvalue weighted by Gasteiger charge is 2.25. The van der Waals surface area contributed by atoms with Crippen LogP contribution in [0.4, 0.5) is 0 Å². The highest BCUT2D eigenvalue weighted by molar-refractivity contribution is 8.00. The summed E-state index contributed by atoms with van der Waals surface area (Å²) < 4.78 is 0. The molecule has 136 valence electrons. The maximum atomic E-state index is 12.3. The molecule has 2 N–H and O–H groups in total. The van der Waals surface area contributed by atoms with Gasteiger partial charge in [0.05, 0.1) is 11.3 Å². The highest BCUT2D eigenvalue weighted by atomic mass is 32.2. The number of rotatable bonds is 6. The Bertz CT molecular complexity index is 593. The van der Waals surface area contributed by atoms with Crippen molar-refractivity contribution in [3.8, 4) is 0 Å². The summed E-state index contributed by atoms with van der Waals surface area (Å²) in [5.74, 6) is 0.420. The quantitative estimate of drug-likeness (QED) is 0.757. The minimum atomic E-state index is -0.0222. The van der Waals surface area contributed by atoms with Gasteiger partial charge in [0.2, 0.25) is 5.91 Å². The fourth-order valence-corrected chi connectivity index (χ4v) is 4.14. The van der Waals surface area contributed by atoms with E-state index in [1.807, 2.05) is 24.3 Å². The van der Waals surface area contributed by atoms with E-state index in [4.69, 9.17) is 0 Å². The summed E-state index contributed by atoms with van der Waals surface area (Å²) in [4.78, 5) is 25.5. The lowest BCUT2D eigenvalue weighted by molar-refractivity contribution is -0.119. The second kappa shape index (κ2) is 9.27. The van der Waals surface area contributed by atoms with Crippen LogP contribution in [0, 0.1) is 0 Å². The Labute approximate surface area is 154 Å². The number of benzene rings is 1. The van der Waals surface area contributed by atoms with Crippen molar-refractivity contribution in [2.75, 3.05) is 5.75 Å². The Hall–Kier alpha value is -1.49. The molecule has 4 nitrogen and oxygen atoms in total. The molecular weight excluding hydrogens is 332 g/mol. The Morgan fingerprint density at radius 2 is 1.52 bits per heavy atom. The predicted octanol–water partition coefficient (Wildman–Crippen LogP) is 3.90. The summed E-state index contributed by atoms with van der Waals surface area (Å²) in [6.07, 6.45) is 10.7. The number of carbonyl (C=O) groups is 2. The summed E-state index contributed by atoms with van der Waals surface area (Å²) in [5.41, 5.74) is 0.679. The summed E-state index contributed by atoms with van der Waals surface area (Å²) in [7, 11) is 0.